The molecule has 2 rings (SSSR count). The van der Waals surface area contributed by atoms with E-state index in [1.165, 1.54) is 37.8 Å². The van der Waals surface area contributed by atoms with Gasteiger partial charge in [0, 0.05) is 6.04 Å². The molecule has 0 bridgehead atoms. The number of methoxy groups -OCH3 is 1. The number of aromatic nitrogens is 2. The minimum absolute atomic E-state index is 0.347. The molecule has 0 spiro atoms. The van der Waals surface area contributed by atoms with Crippen LogP contribution in [0.25, 0.3) is 0 Å². The molecule has 0 aliphatic heterocycles. The molecule has 1 unspecified atom stereocenters. The fraction of sp³-hybridized carbons (Fsp3) is 0.800. The highest BCUT2D eigenvalue weighted by molar-refractivity contribution is 5.29. The van der Waals surface area contributed by atoms with Crippen molar-refractivity contribution < 1.29 is 4.74 Å². The van der Waals surface area contributed by atoms with Crippen LogP contribution in [0.5, 0.6) is 5.75 Å². The van der Waals surface area contributed by atoms with Crippen molar-refractivity contribution in [1.82, 2.24) is 15.1 Å². The topological polar surface area (TPSA) is 39.1 Å². The maximum Gasteiger partial charge on any atom is 0.161 e. The molecule has 1 aromatic heterocycles. The standard InChI is InChI=1S/C15H27N3O/c1-11(2)18-15(13(19-4)10-17-18)14(16-3)12-8-6-5-7-9-12/h10-12,14,16H,5-9H2,1-4H3. The molecule has 1 saturated carbocycles. The lowest BCUT2D eigenvalue weighted by molar-refractivity contribution is 0.261. The van der Waals surface area contributed by atoms with Gasteiger partial charge in [-0.15, -0.1) is 0 Å². The number of hydrogen-bond donors (Lipinski definition) is 1. The first-order valence-corrected chi connectivity index (χ1v) is 7.47. The Morgan fingerprint density at radius 3 is 2.53 bits per heavy atom. The van der Waals surface area contributed by atoms with Crippen LogP contribution in [0.3, 0.4) is 0 Å². The second kappa shape index (κ2) is 6.42. The molecule has 4 nitrogen and oxygen atoms in total. The van der Waals surface area contributed by atoms with Crippen LogP contribution in [0.1, 0.15) is 63.7 Å². The average Bonchev–Trinajstić information content (AvgIpc) is 2.85. The molecule has 19 heavy (non-hydrogen) atoms. The lowest BCUT2D eigenvalue weighted by atomic mass is 9.82. The minimum Gasteiger partial charge on any atom is -0.493 e. The van der Waals surface area contributed by atoms with Crippen LogP contribution in [0.15, 0.2) is 6.20 Å². The summed E-state index contributed by atoms with van der Waals surface area (Å²) in [6.45, 7) is 4.34. The highest BCUT2D eigenvalue weighted by Gasteiger charge is 2.30. The molecule has 0 radical (unpaired) electrons. The summed E-state index contributed by atoms with van der Waals surface area (Å²) in [7, 11) is 3.79. The van der Waals surface area contributed by atoms with Crippen LogP contribution in [0.4, 0.5) is 0 Å². The maximum absolute atomic E-state index is 5.53. The van der Waals surface area contributed by atoms with Gasteiger partial charge in [0.05, 0.1) is 25.0 Å². The summed E-state index contributed by atoms with van der Waals surface area (Å²) < 4.78 is 7.63. The van der Waals surface area contributed by atoms with E-state index >= 15 is 0 Å². The number of rotatable bonds is 5. The monoisotopic (exact) mass is 265 g/mol. The smallest absolute Gasteiger partial charge is 0.161 e. The third-order valence-corrected chi connectivity index (χ3v) is 4.23. The normalized spacial score (nSPS) is 18.8. The molecule has 1 aliphatic carbocycles. The van der Waals surface area contributed by atoms with Gasteiger partial charge >= 0.3 is 0 Å². The fourth-order valence-electron chi connectivity index (χ4n) is 3.28. The maximum atomic E-state index is 5.53. The van der Waals surface area contributed by atoms with E-state index in [0.717, 1.165) is 5.75 Å². The summed E-state index contributed by atoms with van der Waals surface area (Å²) in [4.78, 5) is 0. The van der Waals surface area contributed by atoms with Crippen molar-refractivity contribution in [2.75, 3.05) is 14.2 Å². The largest absolute Gasteiger partial charge is 0.493 e. The Hall–Kier alpha value is -1.03. The number of hydrogen-bond acceptors (Lipinski definition) is 3. The van der Waals surface area contributed by atoms with E-state index in [4.69, 9.17) is 4.74 Å². The Morgan fingerprint density at radius 1 is 1.32 bits per heavy atom. The van der Waals surface area contributed by atoms with Crippen molar-refractivity contribution in [1.29, 1.82) is 0 Å². The van der Waals surface area contributed by atoms with Gasteiger partial charge in [-0.3, -0.25) is 4.68 Å². The van der Waals surface area contributed by atoms with Gasteiger partial charge in [0.2, 0.25) is 0 Å². The highest BCUT2D eigenvalue weighted by Crippen LogP contribution is 2.38. The van der Waals surface area contributed by atoms with E-state index in [-0.39, 0.29) is 0 Å². The highest BCUT2D eigenvalue weighted by atomic mass is 16.5. The van der Waals surface area contributed by atoms with Crippen molar-refractivity contribution in [3.63, 3.8) is 0 Å². The van der Waals surface area contributed by atoms with Crippen LogP contribution in [0.2, 0.25) is 0 Å². The second-order valence-corrected chi connectivity index (χ2v) is 5.80. The van der Waals surface area contributed by atoms with Gasteiger partial charge < -0.3 is 10.1 Å². The van der Waals surface area contributed by atoms with Gasteiger partial charge in [-0.05, 0) is 39.7 Å². The number of nitrogens with zero attached hydrogens (tertiary/aromatic N) is 2. The summed E-state index contributed by atoms with van der Waals surface area (Å²) in [5, 5.41) is 8.01. The quantitative estimate of drug-likeness (QED) is 0.887. The lowest BCUT2D eigenvalue weighted by Gasteiger charge is -2.31. The molecular weight excluding hydrogens is 238 g/mol. The second-order valence-electron chi connectivity index (χ2n) is 5.80. The predicted octanol–water partition coefficient (Wildman–Crippen LogP) is 3.31. The molecule has 1 aromatic rings. The number of ether oxygens (including phenoxy) is 1. The Labute approximate surface area is 116 Å². The molecular formula is C15H27N3O. The van der Waals surface area contributed by atoms with Crippen LogP contribution in [0, 0.1) is 5.92 Å². The van der Waals surface area contributed by atoms with Crippen molar-refractivity contribution in [3.05, 3.63) is 11.9 Å². The Morgan fingerprint density at radius 2 is 2.00 bits per heavy atom. The van der Waals surface area contributed by atoms with Crippen molar-refractivity contribution in [2.45, 2.75) is 58.0 Å². The van der Waals surface area contributed by atoms with Crippen molar-refractivity contribution >= 4 is 0 Å². The van der Waals surface area contributed by atoms with E-state index in [1.807, 2.05) is 6.20 Å². The van der Waals surface area contributed by atoms with E-state index in [2.05, 4.69) is 36.0 Å². The van der Waals surface area contributed by atoms with E-state index < -0.39 is 0 Å². The first kappa shape index (κ1) is 14.4. The Kier molecular flexibility index (Phi) is 4.86. The zero-order chi connectivity index (χ0) is 13.8. The van der Waals surface area contributed by atoms with E-state index in [0.29, 0.717) is 18.0 Å². The summed E-state index contributed by atoms with van der Waals surface area (Å²) in [6, 6.07) is 0.707. The third-order valence-electron chi connectivity index (χ3n) is 4.23. The van der Waals surface area contributed by atoms with Crippen molar-refractivity contribution in [2.24, 2.45) is 5.92 Å². The summed E-state index contributed by atoms with van der Waals surface area (Å²) in [6.07, 6.45) is 8.54. The molecule has 0 aromatic carbocycles. The molecule has 0 saturated heterocycles. The zero-order valence-corrected chi connectivity index (χ0v) is 12.6. The predicted molar refractivity (Wildman–Crippen MR) is 77.5 cm³/mol. The van der Waals surface area contributed by atoms with E-state index in [9.17, 15) is 0 Å². The summed E-state index contributed by atoms with van der Waals surface area (Å²) in [5.74, 6) is 1.61. The Bertz CT molecular complexity index is 394. The molecule has 1 N–H and O–H groups in total. The van der Waals surface area contributed by atoms with Gasteiger partial charge in [0.15, 0.2) is 5.75 Å². The first-order valence-electron chi connectivity index (χ1n) is 7.47. The third kappa shape index (κ3) is 2.94. The van der Waals surface area contributed by atoms with Crippen LogP contribution in [-0.4, -0.2) is 23.9 Å². The first-order chi connectivity index (χ1) is 9.19. The molecule has 1 aliphatic rings. The molecule has 1 fully saturated rings. The van der Waals surface area contributed by atoms with Gasteiger partial charge in [0.25, 0.3) is 0 Å². The SMILES string of the molecule is CNC(c1c(OC)cnn1C(C)C)C1CCCCC1. The van der Waals surface area contributed by atoms with Gasteiger partial charge in [-0.1, -0.05) is 19.3 Å². The van der Waals surface area contributed by atoms with Gasteiger partial charge in [-0.25, -0.2) is 0 Å². The van der Waals surface area contributed by atoms with Crippen LogP contribution >= 0.6 is 0 Å². The average molecular weight is 265 g/mol. The summed E-state index contributed by atoms with van der Waals surface area (Å²) in [5.41, 5.74) is 1.21. The summed E-state index contributed by atoms with van der Waals surface area (Å²) >= 11 is 0. The van der Waals surface area contributed by atoms with Crippen molar-refractivity contribution in [3.8, 4) is 5.75 Å². The Balaban J connectivity index is 2.32. The molecule has 4 heteroatoms. The molecule has 0 amide bonds. The van der Waals surface area contributed by atoms with Crippen LogP contribution in [-0.2, 0) is 0 Å². The molecule has 1 atom stereocenters. The van der Waals surface area contributed by atoms with E-state index in [1.54, 1.807) is 7.11 Å². The molecule has 108 valence electrons. The lowest BCUT2D eigenvalue weighted by Crippen LogP contribution is -2.30. The zero-order valence-electron chi connectivity index (χ0n) is 12.6. The van der Waals surface area contributed by atoms with Gasteiger partial charge in [-0.2, -0.15) is 5.10 Å². The van der Waals surface area contributed by atoms with Gasteiger partial charge in [0.1, 0.15) is 0 Å². The fourth-order valence-corrected chi connectivity index (χ4v) is 3.28. The van der Waals surface area contributed by atoms with Crippen LogP contribution < -0.4 is 10.1 Å². The molecule has 1 heterocycles. The number of nitrogens with one attached hydrogen (secondary N) is 1. The minimum atomic E-state index is 0.347.